The van der Waals surface area contributed by atoms with Gasteiger partial charge in [0.25, 0.3) is 0 Å². The number of phosphoric ester groups is 1. The molecule has 2 atom stereocenters. The minimum atomic E-state index is -4.41. The molecule has 0 amide bonds. The summed E-state index contributed by atoms with van der Waals surface area (Å²) < 4.78 is 34.8. The van der Waals surface area contributed by atoms with Crippen molar-refractivity contribution in [1.82, 2.24) is 0 Å². The zero-order valence-corrected chi connectivity index (χ0v) is 64.3. The summed E-state index contributed by atoms with van der Waals surface area (Å²) in [5.74, 6) is -0.801. The Kier molecular flexibility index (Phi) is 72.5. The molecule has 0 aromatic carbocycles. The van der Waals surface area contributed by atoms with E-state index >= 15 is 0 Å². The van der Waals surface area contributed by atoms with Crippen LogP contribution in [0.2, 0.25) is 0 Å². The van der Waals surface area contributed by atoms with Gasteiger partial charge in [-0.1, -0.05) is 344 Å². The van der Waals surface area contributed by atoms with E-state index in [1.807, 2.05) is 21.1 Å². The third-order valence-electron chi connectivity index (χ3n) is 16.4. The normalized spacial score (nSPS) is 14.1. The predicted molar refractivity (Wildman–Crippen MR) is 426 cm³/mol. The van der Waals surface area contributed by atoms with Gasteiger partial charge in [-0.05, 0) is 135 Å². The summed E-state index contributed by atoms with van der Waals surface area (Å²) in [4.78, 5) is 36.0. The smallest absolute Gasteiger partial charge is 0.462 e. The number of ether oxygens (including phenoxy) is 2. The fourth-order valence-electron chi connectivity index (χ4n) is 10.5. The molecule has 0 aromatic rings. The summed E-state index contributed by atoms with van der Waals surface area (Å²) in [5.41, 5.74) is 0. The number of carbonyl (C=O) groups excluding carboxylic acids is 2. The summed E-state index contributed by atoms with van der Waals surface area (Å²) >= 11 is 0. The Morgan fingerprint density at radius 3 is 0.816 bits per heavy atom. The van der Waals surface area contributed by atoms with Gasteiger partial charge in [-0.2, -0.15) is 0 Å². The number of esters is 2. The maximum Gasteiger partial charge on any atom is 0.472 e. The Balaban J connectivity index is 4.04. The minimum absolute atomic E-state index is 0.0246. The average Bonchev–Trinajstić information content (AvgIpc) is 1.08. The number of rotatable bonds is 71. The first-order valence-corrected chi connectivity index (χ1v) is 41.0. The summed E-state index contributed by atoms with van der Waals surface area (Å²) in [6.07, 6.45) is 117. The Labute approximate surface area is 603 Å². The first-order valence-electron chi connectivity index (χ1n) is 39.5. The van der Waals surface area contributed by atoms with Gasteiger partial charge in [0.1, 0.15) is 19.8 Å². The van der Waals surface area contributed by atoms with Crippen molar-refractivity contribution >= 4 is 19.8 Å². The number of hydrogen-bond acceptors (Lipinski definition) is 7. The van der Waals surface area contributed by atoms with Crippen LogP contribution in [0.1, 0.15) is 309 Å². The lowest BCUT2D eigenvalue weighted by atomic mass is 10.0. The third-order valence-corrected chi connectivity index (χ3v) is 17.4. The van der Waals surface area contributed by atoms with Crippen LogP contribution < -0.4 is 0 Å². The second kappa shape index (κ2) is 76.3. The molecule has 0 fully saturated rings. The Morgan fingerprint density at radius 1 is 0.316 bits per heavy atom. The Hall–Kier alpha value is -4.89. The topological polar surface area (TPSA) is 108 Å². The van der Waals surface area contributed by atoms with Crippen molar-refractivity contribution in [2.75, 3.05) is 47.5 Å². The van der Waals surface area contributed by atoms with Crippen LogP contribution in [0, 0.1) is 0 Å². The number of phosphoric acid groups is 1. The monoisotopic (exact) mass is 1380 g/mol. The summed E-state index contributed by atoms with van der Waals surface area (Å²) in [5, 5.41) is 0. The number of hydrogen-bond donors (Lipinski definition) is 1. The molecule has 9 nitrogen and oxygen atoms in total. The molecule has 0 spiro atoms. The fourth-order valence-corrected chi connectivity index (χ4v) is 11.2. The summed E-state index contributed by atoms with van der Waals surface area (Å²) in [6, 6.07) is 0. The number of allylic oxidation sites excluding steroid dienone is 30. The maximum absolute atomic E-state index is 12.9. The first-order chi connectivity index (χ1) is 48.0. The lowest BCUT2D eigenvalue weighted by molar-refractivity contribution is -0.870. The van der Waals surface area contributed by atoms with Crippen molar-refractivity contribution in [3.8, 4) is 0 Å². The third kappa shape index (κ3) is 80.1. The summed E-state index contributed by atoms with van der Waals surface area (Å²) in [6.45, 7) is 4.21. The molecule has 0 radical (unpaired) electrons. The van der Waals surface area contributed by atoms with E-state index in [0.717, 1.165) is 135 Å². The second-order valence-electron chi connectivity index (χ2n) is 27.0. The molecule has 0 aliphatic carbocycles. The van der Waals surface area contributed by atoms with Crippen LogP contribution in [-0.2, 0) is 32.7 Å². The van der Waals surface area contributed by atoms with Gasteiger partial charge >= 0.3 is 19.8 Å². The number of quaternary nitrogens is 1. The van der Waals surface area contributed by atoms with Gasteiger partial charge < -0.3 is 18.9 Å². The van der Waals surface area contributed by atoms with Gasteiger partial charge in [0.15, 0.2) is 6.10 Å². The molecule has 1 N–H and O–H groups in total. The maximum atomic E-state index is 12.9. The molecule has 98 heavy (non-hydrogen) atoms. The van der Waals surface area contributed by atoms with E-state index in [4.69, 9.17) is 18.5 Å². The first kappa shape index (κ1) is 93.1. The lowest BCUT2D eigenvalue weighted by Gasteiger charge is -2.24. The van der Waals surface area contributed by atoms with Crippen molar-refractivity contribution in [1.29, 1.82) is 0 Å². The fraction of sp³-hybridized carbons (Fsp3) is 0.636. The Morgan fingerprint density at radius 2 is 0.551 bits per heavy atom. The van der Waals surface area contributed by atoms with Crippen LogP contribution in [0.4, 0.5) is 0 Å². The molecule has 0 heterocycles. The minimum Gasteiger partial charge on any atom is -0.462 e. The van der Waals surface area contributed by atoms with Crippen molar-refractivity contribution < 1.29 is 42.1 Å². The molecule has 0 bridgehead atoms. The molecule has 0 rings (SSSR count). The van der Waals surface area contributed by atoms with E-state index in [0.29, 0.717) is 17.4 Å². The van der Waals surface area contributed by atoms with Crippen molar-refractivity contribution in [2.24, 2.45) is 0 Å². The SMILES string of the molecule is CC/C=C\C/C=C\C/C=C\C/C=C\C/C=C\C/C=C\C/C=C\C/C=C\C/C=C\CCCCCCCCCCCCCCCC(=O)OC(COC(=O)CCCCCCCCCCCCCCCC/C=C\C/C=C\C/C=C\C/C=C\C/C=C\C/C=C\CC)COP(=O)(O)OCC[N+](C)(C)C. The van der Waals surface area contributed by atoms with E-state index in [1.54, 1.807) is 0 Å². The van der Waals surface area contributed by atoms with E-state index in [-0.39, 0.29) is 32.0 Å². The predicted octanol–water partition coefficient (Wildman–Crippen LogP) is 26.6. The van der Waals surface area contributed by atoms with Crippen LogP contribution in [0.3, 0.4) is 0 Å². The van der Waals surface area contributed by atoms with Gasteiger partial charge in [0.2, 0.25) is 0 Å². The van der Waals surface area contributed by atoms with Gasteiger partial charge in [-0.15, -0.1) is 0 Å². The number of unbranched alkanes of at least 4 members (excludes halogenated alkanes) is 27. The highest BCUT2D eigenvalue weighted by Gasteiger charge is 2.27. The van der Waals surface area contributed by atoms with Crippen LogP contribution >= 0.6 is 7.82 Å². The van der Waals surface area contributed by atoms with Gasteiger partial charge in [-0.25, -0.2) is 4.57 Å². The van der Waals surface area contributed by atoms with Crippen LogP contribution in [0.15, 0.2) is 182 Å². The quantitative estimate of drug-likeness (QED) is 0.0211. The largest absolute Gasteiger partial charge is 0.472 e. The molecule has 0 aromatic heterocycles. The highest BCUT2D eigenvalue weighted by atomic mass is 31.2. The molecular weight excluding hydrogens is 1230 g/mol. The number of likely N-dealkylation sites (N-methyl/N-ethyl adjacent to an activating group) is 1. The van der Waals surface area contributed by atoms with Crippen molar-refractivity contribution in [3.05, 3.63) is 182 Å². The van der Waals surface area contributed by atoms with Crippen molar-refractivity contribution in [3.63, 3.8) is 0 Å². The van der Waals surface area contributed by atoms with Crippen LogP contribution in [0.25, 0.3) is 0 Å². The molecule has 0 saturated heterocycles. The molecular formula is C88H147NO8P+. The van der Waals surface area contributed by atoms with Gasteiger partial charge in [-0.3, -0.25) is 18.6 Å². The molecule has 0 aliphatic rings. The molecule has 0 saturated carbocycles. The van der Waals surface area contributed by atoms with Gasteiger partial charge in [0, 0.05) is 12.8 Å². The zero-order valence-electron chi connectivity index (χ0n) is 63.5. The van der Waals surface area contributed by atoms with Crippen molar-refractivity contribution in [2.45, 2.75) is 315 Å². The van der Waals surface area contributed by atoms with E-state index < -0.39 is 26.5 Å². The number of carbonyl (C=O) groups is 2. The highest BCUT2D eigenvalue weighted by Crippen LogP contribution is 2.43. The molecule has 2 unspecified atom stereocenters. The number of nitrogens with zero attached hydrogens (tertiary/aromatic N) is 1. The van der Waals surface area contributed by atoms with E-state index in [1.165, 1.54) is 141 Å². The van der Waals surface area contributed by atoms with Crippen LogP contribution in [-0.4, -0.2) is 74.9 Å². The van der Waals surface area contributed by atoms with E-state index in [2.05, 4.69) is 196 Å². The second-order valence-corrected chi connectivity index (χ2v) is 28.4. The zero-order chi connectivity index (χ0) is 71.1. The van der Waals surface area contributed by atoms with E-state index in [9.17, 15) is 19.0 Å². The van der Waals surface area contributed by atoms with Crippen LogP contribution in [0.5, 0.6) is 0 Å². The molecule has 556 valence electrons. The molecule has 10 heteroatoms. The average molecular weight is 1380 g/mol. The van der Waals surface area contributed by atoms with Gasteiger partial charge in [0.05, 0.1) is 27.7 Å². The molecule has 0 aliphatic heterocycles. The standard InChI is InChI=1S/C88H146NO8P/c1-6-8-10-12-14-16-18-20-22-24-26-28-30-32-34-36-38-40-41-42-43-44-45-46-47-49-51-53-55-57-59-61-63-65-67-69-71-73-75-77-79-81-88(91)97-86(85-96-98(92,93)95-83-82-89(3,4)5)84-94-87(90)80-78-76-74-72-70-68-66-64-62-60-58-56-54-52-50-48-39-37-35-33-31-29-27-25-23-21-19-17-15-13-11-9-7-2/h8-11,14-17,20-23,26-29,32-35,38-40,42-43,45-46,48-49,51,86H,6-7,12-13,18-19,24-25,30-31,36-37,41,44,47,50,52-85H2,1-5H3/p+1/b10-8-,11-9-,16-14-,17-15-,22-20-,23-21-,28-26-,29-27-,34-32-,35-33-,40-38-,43-42-,46-45-,48-39-,51-49-. The Bertz CT molecular complexity index is 2320. The summed E-state index contributed by atoms with van der Waals surface area (Å²) in [7, 11) is 1.47. The lowest BCUT2D eigenvalue weighted by Crippen LogP contribution is -2.37. The highest BCUT2D eigenvalue weighted by molar-refractivity contribution is 7.47.